The number of rotatable bonds is 2. The SMILES string of the molecule is CC1CN(c2ncnc3c2CCCCC3)CC(CBr)O1. The molecule has 0 saturated carbocycles. The average Bonchev–Trinajstić information content (AvgIpc) is 2.71. The van der Waals surface area contributed by atoms with E-state index in [2.05, 4.69) is 37.7 Å². The summed E-state index contributed by atoms with van der Waals surface area (Å²) < 4.78 is 5.92. The van der Waals surface area contributed by atoms with Crippen molar-refractivity contribution in [3.63, 3.8) is 0 Å². The molecule has 1 aliphatic heterocycles. The fourth-order valence-electron chi connectivity index (χ4n) is 3.26. The van der Waals surface area contributed by atoms with Gasteiger partial charge in [0.15, 0.2) is 0 Å². The summed E-state index contributed by atoms with van der Waals surface area (Å²) >= 11 is 3.54. The Morgan fingerprint density at radius 2 is 2.10 bits per heavy atom. The van der Waals surface area contributed by atoms with Crippen molar-refractivity contribution >= 4 is 21.7 Å². The standard InChI is InChI=1S/C15H22BrN3O/c1-11-8-19(9-12(7-16)20-11)15-13-5-3-2-4-6-14(13)17-10-18-15/h10-12H,2-9H2,1H3. The van der Waals surface area contributed by atoms with Crippen LogP contribution in [0.4, 0.5) is 5.82 Å². The molecule has 2 heterocycles. The Balaban J connectivity index is 1.89. The van der Waals surface area contributed by atoms with E-state index in [9.17, 15) is 0 Å². The zero-order chi connectivity index (χ0) is 13.9. The number of nitrogens with zero attached hydrogens (tertiary/aromatic N) is 3. The molecule has 4 nitrogen and oxygen atoms in total. The van der Waals surface area contributed by atoms with Crippen LogP contribution >= 0.6 is 15.9 Å². The van der Waals surface area contributed by atoms with Crippen molar-refractivity contribution in [3.8, 4) is 0 Å². The molecule has 20 heavy (non-hydrogen) atoms. The van der Waals surface area contributed by atoms with Crippen LogP contribution in [0.1, 0.15) is 37.4 Å². The van der Waals surface area contributed by atoms with Gasteiger partial charge < -0.3 is 9.64 Å². The summed E-state index contributed by atoms with van der Waals surface area (Å²) in [7, 11) is 0. The fraction of sp³-hybridized carbons (Fsp3) is 0.733. The van der Waals surface area contributed by atoms with E-state index < -0.39 is 0 Å². The van der Waals surface area contributed by atoms with E-state index in [0.717, 1.165) is 37.1 Å². The lowest BCUT2D eigenvalue weighted by atomic mass is 10.1. The Hall–Kier alpha value is -0.680. The smallest absolute Gasteiger partial charge is 0.135 e. The lowest BCUT2D eigenvalue weighted by Gasteiger charge is -2.37. The largest absolute Gasteiger partial charge is 0.371 e. The van der Waals surface area contributed by atoms with Crippen LogP contribution in [0, 0.1) is 0 Å². The molecule has 2 aliphatic rings. The van der Waals surface area contributed by atoms with Crippen LogP contribution in [0.15, 0.2) is 6.33 Å². The van der Waals surface area contributed by atoms with Crippen molar-refractivity contribution in [3.05, 3.63) is 17.6 Å². The minimum atomic E-state index is 0.246. The second kappa shape index (κ2) is 6.39. The van der Waals surface area contributed by atoms with E-state index in [1.165, 1.54) is 30.5 Å². The quantitative estimate of drug-likeness (QED) is 0.613. The maximum absolute atomic E-state index is 5.92. The Kier molecular flexibility index (Phi) is 4.56. The minimum absolute atomic E-state index is 0.246. The Labute approximate surface area is 129 Å². The Bertz CT molecular complexity index is 468. The number of hydrogen-bond acceptors (Lipinski definition) is 4. The molecule has 3 rings (SSSR count). The first-order valence-electron chi connectivity index (χ1n) is 7.57. The number of anilines is 1. The van der Waals surface area contributed by atoms with Gasteiger partial charge in [-0.2, -0.15) is 0 Å². The lowest BCUT2D eigenvalue weighted by Crippen LogP contribution is -2.48. The zero-order valence-electron chi connectivity index (χ0n) is 12.0. The summed E-state index contributed by atoms with van der Waals surface area (Å²) in [5, 5.41) is 0.876. The van der Waals surface area contributed by atoms with Crippen LogP contribution in [0.25, 0.3) is 0 Å². The third-order valence-corrected chi connectivity index (χ3v) is 4.87. The number of aryl methyl sites for hydroxylation is 1. The highest BCUT2D eigenvalue weighted by atomic mass is 79.9. The van der Waals surface area contributed by atoms with Crippen LogP contribution in [-0.2, 0) is 17.6 Å². The fourth-order valence-corrected chi connectivity index (χ4v) is 3.61. The first-order valence-corrected chi connectivity index (χ1v) is 8.69. The van der Waals surface area contributed by atoms with Gasteiger partial charge in [-0.15, -0.1) is 0 Å². The topological polar surface area (TPSA) is 38.2 Å². The van der Waals surface area contributed by atoms with Crippen LogP contribution < -0.4 is 4.90 Å². The molecule has 0 bridgehead atoms. The van der Waals surface area contributed by atoms with Crippen molar-refractivity contribution in [2.24, 2.45) is 0 Å². The van der Waals surface area contributed by atoms with Crippen LogP contribution in [0.3, 0.4) is 0 Å². The second-order valence-corrected chi connectivity index (χ2v) is 6.46. The van der Waals surface area contributed by atoms with E-state index in [1.807, 2.05) is 0 Å². The van der Waals surface area contributed by atoms with E-state index in [1.54, 1.807) is 6.33 Å². The number of hydrogen-bond donors (Lipinski definition) is 0. The van der Waals surface area contributed by atoms with Crippen molar-refractivity contribution in [2.75, 3.05) is 23.3 Å². The molecule has 110 valence electrons. The Morgan fingerprint density at radius 1 is 1.25 bits per heavy atom. The number of halogens is 1. The van der Waals surface area contributed by atoms with Gasteiger partial charge in [0.05, 0.1) is 12.2 Å². The zero-order valence-corrected chi connectivity index (χ0v) is 13.6. The van der Waals surface area contributed by atoms with Crippen LogP contribution in [0.2, 0.25) is 0 Å². The van der Waals surface area contributed by atoms with Crippen LogP contribution in [-0.4, -0.2) is 40.6 Å². The van der Waals surface area contributed by atoms with Gasteiger partial charge in [-0.3, -0.25) is 0 Å². The van der Waals surface area contributed by atoms with E-state index in [-0.39, 0.29) is 12.2 Å². The maximum Gasteiger partial charge on any atom is 0.135 e. The monoisotopic (exact) mass is 339 g/mol. The molecular formula is C15H22BrN3O. The summed E-state index contributed by atoms with van der Waals surface area (Å²) in [5.41, 5.74) is 2.65. The van der Waals surface area contributed by atoms with Gasteiger partial charge in [0.1, 0.15) is 12.1 Å². The Morgan fingerprint density at radius 3 is 2.95 bits per heavy atom. The van der Waals surface area contributed by atoms with E-state index >= 15 is 0 Å². The van der Waals surface area contributed by atoms with Gasteiger partial charge in [0, 0.05) is 29.7 Å². The molecule has 0 aromatic carbocycles. The lowest BCUT2D eigenvalue weighted by molar-refractivity contribution is -0.00229. The van der Waals surface area contributed by atoms with Crippen molar-refractivity contribution in [2.45, 2.75) is 51.2 Å². The van der Waals surface area contributed by atoms with E-state index in [0.29, 0.717) is 0 Å². The van der Waals surface area contributed by atoms with E-state index in [4.69, 9.17) is 4.74 Å². The predicted octanol–water partition coefficient (Wildman–Crippen LogP) is 2.73. The molecule has 0 radical (unpaired) electrons. The summed E-state index contributed by atoms with van der Waals surface area (Å²) in [6.07, 6.45) is 8.28. The minimum Gasteiger partial charge on any atom is -0.371 e. The molecule has 1 aromatic rings. The number of fused-ring (bicyclic) bond motifs is 1. The second-order valence-electron chi connectivity index (χ2n) is 5.81. The summed E-state index contributed by atoms with van der Waals surface area (Å²) in [4.78, 5) is 11.5. The molecule has 2 unspecified atom stereocenters. The molecule has 1 aliphatic carbocycles. The third kappa shape index (κ3) is 2.98. The van der Waals surface area contributed by atoms with Gasteiger partial charge in [0.2, 0.25) is 0 Å². The summed E-state index contributed by atoms with van der Waals surface area (Å²) in [6, 6.07) is 0. The van der Waals surface area contributed by atoms with Crippen molar-refractivity contribution in [1.82, 2.24) is 9.97 Å². The molecular weight excluding hydrogens is 318 g/mol. The average molecular weight is 340 g/mol. The first kappa shape index (κ1) is 14.3. The van der Waals surface area contributed by atoms with Gasteiger partial charge >= 0.3 is 0 Å². The van der Waals surface area contributed by atoms with Gasteiger partial charge in [-0.1, -0.05) is 22.4 Å². The van der Waals surface area contributed by atoms with Gasteiger partial charge in [-0.05, 0) is 32.6 Å². The molecule has 1 aromatic heterocycles. The summed E-state index contributed by atoms with van der Waals surface area (Å²) in [6.45, 7) is 3.98. The molecule has 1 saturated heterocycles. The molecule has 2 atom stereocenters. The molecule has 0 N–H and O–H groups in total. The predicted molar refractivity (Wildman–Crippen MR) is 83.6 cm³/mol. The highest BCUT2D eigenvalue weighted by molar-refractivity contribution is 9.09. The molecule has 1 fully saturated rings. The number of alkyl halides is 1. The normalized spacial score (nSPS) is 27.0. The molecule has 5 heteroatoms. The maximum atomic E-state index is 5.92. The van der Waals surface area contributed by atoms with Gasteiger partial charge in [-0.25, -0.2) is 9.97 Å². The molecule has 0 amide bonds. The number of aromatic nitrogens is 2. The van der Waals surface area contributed by atoms with Crippen molar-refractivity contribution in [1.29, 1.82) is 0 Å². The van der Waals surface area contributed by atoms with Crippen LogP contribution in [0.5, 0.6) is 0 Å². The number of morpholine rings is 1. The highest BCUT2D eigenvalue weighted by Gasteiger charge is 2.28. The van der Waals surface area contributed by atoms with Crippen molar-refractivity contribution < 1.29 is 4.74 Å². The third-order valence-electron chi connectivity index (χ3n) is 4.15. The first-order chi connectivity index (χ1) is 9.78. The summed E-state index contributed by atoms with van der Waals surface area (Å²) in [5.74, 6) is 1.15. The molecule has 0 spiro atoms. The number of ether oxygens (including phenoxy) is 1. The highest BCUT2D eigenvalue weighted by Crippen LogP contribution is 2.28. The van der Waals surface area contributed by atoms with Gasteiger partial charge in [0.25, 0.3) is 0 Å².